The van der Waals surface area contributed by atoms with Crippen molar-refractivity contribution in [3.05, 3.63) is 39.9 Å². The molecule has 0 fully saturated rings. The standard InChI is InChI=1S/C13H17N3O5/c1-9(10-5-3-4-6-11(10)16(20)21)14-13(19)15(2)8-7-12(17)18/h3-6,9H,7-8H2,1-2H3,(H,14,19)(H,17,18). The molecule has 0 saturated heterocycles. The van der Waals surface area contributed by atoms with Crippen molar-refractivity contribution in [1.29, 1.82) is 0 Å². The Morgan fingerprint density at radius 1 is 1.43 bits per heavy atom. The minimum Gasteiger partial charge on any atom is -0.481 e. The molecule has 1 unspecified atom stereocenters. The average Bonchev–Trinajstić information content (AvgIpc) is 2.44. The predicted octanol–water partition coefficient (Wildman–Crippen LogP) is 1.77. The van der Waals surface area contributed by atoms with Gasteiger partial charge in [0.1, 0.15) is 0 Å². The maximum absolute atomic E-state index is 11.9. The normalized spacial score (nSPS) is 11.5. The van der Waals surface area contributed by atoms with Gasteiger partial charge in [-0.1, -0.05) is 18.2 Å². The summed E-state index contributed by atoms with van der Waals surface area (Å²) in [5.74, 6) is -0.999. The number of benzene rings is 1. The van der Waals surface area contributed by atoms with Gasteiger partial charge in [0, 0.05) is 19.7 Å². The number of urea groups is 1. The molecule has 0 aliphatic carbocycles. The number of nitrogens with one attached hydrogen (secondary N) is 1. The van der Waals surface area contributed by atoms with Crippen molar-refractivity contribution in [2.24, 2.45) is 0 Å². The molecule has 0 aliphatic rings. The number of carbonyl (C=O) groups is 2. The van der Waals surface area contributed by atoms with E-state index in [9.17, 15) is 19.7 Å². The van der Waals surface area contributed by atoms with E-state index in [1.165, 1.54) is 18.0 Å². The quantitative estimate of drug-likeness (QED) is 0.613. The number of nitro groups is 1. The molecule has 2 amide bonds. The highest BCUT2D eigenvalue weighted by atomic mass is 16.6. The minimum atomic E-state index is -0.999. The number of carbonyl (C=O) groups excluding carboxylic acids is 1. The van der Waals surface area contributed by atoms with Gasteiger partial charge in [-0.2, -0.15) is 0 Å². The number of carboxylic acids is 1. The first-order chi connectivity index (χ1) is 9.82. The van der Waals surface area contributed by atoms with E-state index in [4.69, 9.17) is 5.11 Å². The molecule has 1 rings (SSSR count). The summed E-state index contributed by atoms with van der Waals surface area (Å²) < 4.78 is 0. The number of rotatable bonds is 6. The van der Waals surface area contributed by atoms with Crippen molar-refractivity contribution in [3.8, 4) is 0 Å². The second kappa shape index (κ2) is 7.22. The van der Waals surface area contributed by atoms with E-state index in [1.54, 1.807) is 25.1 Å². The topological polar surface area (TPSA) is 113 Å². The van der Waals surface area contributed by atoms with Gasteiger partial charge in [-0.3, -0.25) is 14.9 Å². The van der Waals surface area contributed by atoms with Crippen LogP contribution in [0.4, 0.5) is 10.5 Å². The molecule has 1 atom stereocenters. The zero-order valence-electron chi connectivity index (χ0n) is 11.8. The van der Waals surface area contributed by atoms with Crippen LogP contribution in [0.15, 0.2) is 24.3 Å². The summed E-state index contributed by atoms with van der Waals surface area (Å²) in [6.07, 6.45) is -0.163. The van der Waals surface area contributed by atoms with Crippen LogP contribution in [0.3, 0.4) is 0 Å². The van der Waals surface area contributed by atoms with Crippen LogP contribution in [0.25, 0.3) is 0 Å². The first-order valence-electron chi connectivity index (χ1n) is 6.29. The Morgan fingerprint density at radius 3 is 2.62 bits per heavy atom. The van der Waals surface area contributed by atoms with E-state index in [0.29, 0.717) is 5.56 Å². The fraction of sp³-hybridized carbons (Fsp3) is 0.385. The fourth-order valence-electron chi connectivity index (χ4n) is 1.76. The summed E-state index contributed by atoms with van der Waals surface area (Å²) in [7, 11) is 1.46. The molecule has 8 heteroatoms. The zero-order chi connectivity index (χ0) is 16.0. The van der Waals surface area contributed by atoms with Crippen LogP contribution >= 0.6 is 0 Å². The highest BCUT2D eigenvalue weighted by Gasteiger charge is 2.20. The Balaban J connectivity index is 2.72. The second-order valence-corrected chi connectivity index (χ2v) is 4.55. The van der Waals surface area contributed by atoms with E-state index >= 15 is 0 Å². The average molecular weight is 295 g/mol. The van der Waals surface area contributed by atoms with Gasteiger partial charge < -0.3 is 15.3 Å². The fourth-order valence-corrected chi connectivity index (χ4v) is 1.76. The lowest BCUT2D eigenvalue weighted by molar-refractivity contribution is -0.385. The van der Waals surface area contributed by atoms with Gasteiger partial charge in [-0.05, 0) is 6.92 Å². The van der Waals surface area contributed by atoms with E-state index in [-0.39, 0.29) is 18.7 Å². The van der Waals surface area contributed by atoms with Gasteiger partial charge in [0.15, 0.2) is 0 Å². The lowest BCUT2D eigenvalue weighted by Gasteiger charge is -2.21. The third-order valence-corrected chi connectivity index (χ3v) is 2.95. The Bertz CT molecular complexity index is 546. The molecule has 0 saturated carbocycles. The summed E-state index contributed by atoms with van der Waals surface area (Å²) in [5, 5.41) is 22.1. The number of hydrogen-bond acceptors (Lipinski definition) is 4. The van der Waals surface area contributed by atoms with Crippen molar-refractivity contribution in [2.45, 2.75) is 19.4 Å². The van der Waals surface area contributed by atoms with Crippen LogP contribution in [-0.4, -0.2) is 40.5 Å². The molecule has 114 valence electrons. The highest BCUT2D eigenvalue weighted by Crippen LogP contribution is 2.24. The summed E-state index contributed by atoms with van der Waals surface area (Å²) in [6.45, 7) is 1.69. The van der Waals surface area contributed by atoms with Crippen LogP contribution in [0.2, 0.25) is 0 Å². The summed E-state index contributed by atoms with van der Waals surface area (Å²) in [4.78, 5) is 34.0. The largest absolute Gasteiger partial charge is 0.481 e. The van der Waals surface area contributed by atoms with Gasteiger partial charge >= 0.3 is 12.0 Å². The van der Waals surface area contributed by atoms with Crippen LogP contribution in [-0.2, 0) is 4.79 Å². The summed E-state index contributed by atoms with van der Waals surface area (Å²) >= 11 is 0. The molecule has 21 heavy (non-hydrogen) atoms. The van der Waals surface area contributed by atoms with E-state index in [2.05, 4.69) is 5.32 Å². The van der Waals surface area contributed by atoms with Gasteiger partial charge in [-0.25, -0.2) is 4.79 Å². The van der Waals surface area contributed by atoms with Crippen LogP contribution in [0.1, 0.15) is 24.9 Å². The molecule has 0 spiro atoms. The molecule has 0 aromatic heterocycles. The van der Waals surface area contributed by atoms with Gasteiger partial charge in [0.05, 0.1) is 22.9 Å². The lowest BCUT2D eigenvalue weighted by Crippen LogP contribution is -2.39. The molecule has 1 aromatic rings. The monoisotopic (exact) mass is 295 g/mol. The number of amides is 2. The van der Waals surface area contributed by atoms with Crippen molar-refractivity contribution in [1.82, 2.24) is 10.2 Å². The third kappa shape index (κ3) is 4.75. The van der Waals surface area contributed by atoms with E-state index < -0.39 is 23.0 Å². The van der Waals surface area contributed by atoms with Crippen LogP contribution in [0, 0.1) is 10.1 Å². The number of para-hydroxylation sites is 1. The van der Waals surface area contributed by atoms with Crippen molar-refractivity contribution >= 4 is 17.7 Å². The molecular weight excluding hydrogens is 278 g/mol. The Kier molecular flexibility index (Phi) is 5.65. The number of nitro benzene ring substituents is 1. The minimum absolute atomic E-state index is 0.0603. The zero-order valence-corrected chi connectivity index (χ0v) is 11.8. The molecule has 2 N–H and O–H groups in total. The maximum atomic E-state index is 11.9. The van der Waals surface area contributed by atoms with Crippen LogP contribution < -0.4 is 5.32 Å². The Morgan fingerprint density at radius 2 is 2.05 bits per heavy atom. The van der Waals surface area contributed by atoms with Crippen molar-refractivity contribution in [3.63, 3.8) is 0 Å². The summed E-state index contributed by atoms with van der Waals surface area (Å²) in [6, 6.07) is 5.09. The molecule has 0 heterocycles. The van der Waals surface area contributed by atoms with E-state index in [1.807, 2.05) is 0 Å². The highest BCUT2D eigenvalue weighted by molar-refractivity contribution is 5.75. The molecule has 0 bridgehead atoms. The Hall–Kier alpha value is -2.64. The predicted molar refractivity (Wildman–Crippen MR) is 74.9 cm³/mol. The maximum Gasteiger partial charge on any atom is 0.317 e. The first-order valence-corrected chi connectivity index (χ1v) is 6.29. The second-order valence-electron chi connectivity index (χ2n) is 4.55. The number of carboxylic acid groups (broad SMARTS) is 1. The van der Waals surface area contributed by atoms with Gasteiger partial charge in [-0.15, -0.1) is 0 Å². The SMILES string of the molecule is CC(NC(=O)N(C)CCC(=O)O)c1ccccc1[N+](=O)[O-]. The Labute approximate surface area is 121 Å². The number of aliphatic carboxylic acids is 1. The van der Waals surface area contributed by atoms with E-state index in [0.717, 1.165) is 0 Å². The number of hydrogen-bond donors (Lipinski definition) is 2. The smallest absolute Gasteiger partial charge is 0.317 e. The molecule has 0 radical (unpaired) electrons. The lowest BCUT2D eigenvalue weighted by atomic mass is 10.1. The summed E-state index contributed by atoms with van der Waals surface area (Å²) in [5.41, 5.74) is 0.320. The molecule has 1 aromatic carbocycles. The number of nitrogens with zero attached hydrogens (tertiary/aromatic N) is 2. The van der Waals surface area contributed by atoms with Crippen molar-refractivity contribution in [2.75, 3.05) is 13.6 Å². The van der Waals surface area contributed by atoms with Crippen LogP contribution in [0.5, 0.6) is 0 Å². The molecule has 0 aliphatic heterocycles. The first kappa shape index (κ1) is 16.4. The molecule has 8 nitrogen and oxygen atoms in total. The van der Waals surface area contributed by atoms with Gasteiger partial charge in [0.2, 0.25) is 0 Å². The third-order valence-electron chi connectivity index (χ3n) is 2.95. The molecular formula is C13H17N3O5. The van der Waals surface area contributed by atoms with Crippen molar-refractivity contribution < 1.29 is 19.6 Å². The van der Waals surface area contributed by atoms with Gasteiger partial charge in [0.25, 0.3) is 5.69 Å².